The van der Waals surface area contributed by atoms with Crippen molar-refractivity contribution >= 4 is 23.4 Å². The zero-order valence-corrected chi connectivity index (χ0v) is 11.7. The number of nitrogens with one attached hydrogen (secondary N) is 1. The molecular weight excluding hydrogens is 254 g/mol. The molecule has 7 heteroatoms. The summed E-state index contributed by atoms with van der Waals surface area (Å²) in [5.41, 5.74) is -0.162. The van der Waals surface area contributed by atoms with E-state index in [9.17, 15) is 9.59 Å². The minimum atomic E-state index is -0.952. The zero-order chi connectivity index (χ0) is 13.9. The van der Waals surface area contributed by atoms with Crippen molar-refractivity contribution in [3.05, 3.63) is 10.6 Å². The van der Waals surface area contributed by atoms with Gasteiger partial charge in [0.05, 0.1) is 12.1 Å². The largest absolute Gasteiger partial charge is 0.481 e. The van der Waals surface area contributed by atoms with Crippen LogP contribution < -0.4 is 5.32 Å². The Morgan fingerprint density at radius 2 is 2.06 bits per heavy atom. The molecule has 1 aromatic rings. The third-order valence-corrected chi connectivity index (χ3v) is 3.05. The van der Waals surface area contributed by atoms with Crippen molar-refractivity contribution in [3.63, 3.8) is 0 Å². The number of aromatic nitrogens is 2. The van der Waals surface area contributed by atoms with E-state index in [2.05, 4.69) is 14.9 Å². The molecule has 0 radical (unpaired) electrons. The predicted molar refractivity (Wildman–Crippen MR) is 67.8 cm³/mol. The molecular formula is C11H17N3O3S. The summed E-state index contributed by atoms with van der Waals surface area (Å²) in [6.45, 7) is 7.19. The number of carboxylic acids is 1. The number of carbonyl (C=O) groups excluding carboxylic acids is 1. The maximum Gasteiger partial charge on any atom is 0.305 e. The number of aliphatic carboxylic acids is 1. The van der Waals surface area contributed by atoms with Gasteiger partial charge in [0.1, 0.15) is 4.88 Å². The van der Waals surface area contributed by atoms with Crippen LogP contribution in [0.15, 0.2) is 0 Å². The Morgan fingerprint density at radius 1 is 1.44 bits per heavy atom. The van der Waals surface area contributed by atoms with Crippen molar-refractivity contribution in [3.8, 4) is 0 Å². The van der Waals surface area contributed by atoms with Gasteiger partial charge in [-0.05, 0) is 31.3 Å². The minimum Gasteiger partial charge on any atom is -0.481 e. The van der Waals surface area contributed by atoms with Gasteiger partial charge in [0.15, 0.2) is 0 Å². The SMILES string of the molecule is CC(C)c1nnsc1C(=O)NC(C)(C)CC(=O)O. The van der Waals surface area contributed by atoms with Crippen LogP contribution >= 0.6 is 11.5 Å². The fraction of sp³-hybridized carbons (Fsp3) is 0.636. The van der Waals surface area contributed by atoms with Crippen molar-refractivity contribution in [1.82, 2.24) is 14.9 Å². The summed E-state index contributed by atoms with van der Waals surface area (Å²) in [6, 6.07) is 0. The molecule has 0 aliphatic carbocycles. The van der Waals surface area contributed by atoms with Crippen LogP contribution in [0.4, 0.5) is 0 Å². The Balaban J connectivity index is 2.82. The average Bonchev–Trinajstić information content (AvgIpc) is 2.61. The number of rotatable bonds is 5. The first kappa shape index (κ1) is 14.6. The van der Waals surface area contributed by atoms with Gasteiger partial charge >= 0.3 is 5.97 Å². The molecule has 18 heavy (non-hydrogen) atoms. The summed E-state index contributed by atoms with van der Waals surface area (Å²) >= 11 is 1.02. The zero-order valence-electron chi connectivity index (χ0n) is 10.9. The Morgan fingerprint density at radius 3 is 2.56 bits per heavy atom. The van der Waals surface area contributed by atoms with Crippen molar-refractivity contribution in [2.24, 2.45) is 0 Å². The molecule has 6 nitrogen and oxygen atoms in total. The quantitative estimate of drug-likeness (QED) is 0.849. The van der Waals surface area contributed by atoms with Gasteiger partial charge in [-0.1, -0.05) is 18.3 Å². The standard InChI is InChI=1S/C11H17N3O3S/c1-6(2)8-9(18-14-13-8)10(17)12-11(3,4)5-7(15)16/h6H,5H2,1-4H3,(H,12,17)(H,15,16). The van der Waals surface area contributed by atoms with Crippen LogP contribution in [-0.2, 0) is 4.79 Å². The first-order valence-electron chi connectivity index (χ1n) is 5.59. The molecule has 0 atom stereocenters. The van der Waals surface area contributed by atoms with E-state index < -0.39 is 11.5 Å². The summed E-state index contributed by atoms with van der Waals surface area (Å²) in [7, 11) is 0. The molecule has 1 rings (SSSR count). The van der Waals surface area contributed by atoms with E-state index in [0.717, 1.165) is 11.5 Å². The van der Waals surface area contributed by atoms with Crippen LogP contribution in [0.1, 0.15) is 55.4 Å². The maximum atomic E-state index is 12.1. The Hall–Kier alpha value is -1.50. The van der Waals surface area contributed by atoms with Gasteiger partial charge in [-0.2, -0.15) is 0 Å². The highest BCUT2D eigenvalue weighted by Gasteiger charge is 2.27. The lowest BCUT2D eigenvalue weighted by atomic mass is 10.0. The lowest BCUT2D eigenvalue weighted by Gasteiger charge is -2.24. The summed E-state index contributed by atoms with van der Waals surface area (Å²) in [4.78, 5) is 23.2. The van der Waals surface area contributed by atoms with E-state index in [1.807, 2.05) is 13.8 Å². The molecule has 0 saturated heterocycles. The first-order valence-corrected chi connectivity index (χ1v) is 6.37. The molecule has 0 saturated carbocycles. The van der Waals surface area contributed by atoms with Gasteiger partial charge in [0.2, 0.25) is 0 Å². The highest BCUT2D eigenvalue weighted by Crippen LogP contribution is 2.20. The lowest BCUT2D eigenvalue weighted by Crippen LogP contribution is -2.45. The number of carbonyl (C=O) groups is 2. The molecule has 1 amide bonds. The lowest BCUT2D eigenvalue weighted by molar-refractivity contribution is -0.138. The number of nitrogens with zero attached hydrogens (tertiary/aromatic N) is 2. The highest BCUT2D eigenvalue weighted by molar-refractivity contribution is 7.08. The van der Waals surface area contributed by atoms with Crippen LogP contribution in [0, 0.1) is 0 Å². The molecule has 0 bridgehead atoms. The van der Waals surface area contributed by atoms with Crippen molar-refractivity contribution in [2.45, 2.75) is 45.6 Å². The fourth-order valence-corrected chi connectivity index (χ4v) is 2.23. The van der Waals surface area contributed by atoms with E-state index in [0.29, 0.717) is 10.6 Å². The summed E-state index contributed by atoms with van der Waals surface area (Å²) < 4.78 is 3.77. The van der Waals surface area contributed by atoms with E-state index in [1.54, 1.807) is 13.8 Å². The van der Waals surface area contributed by atoms with Crippen LogP contribution in [0.5, 0.6) is 0 Å². The average molecular weight is 271 g/mol. The second-order valence-electron chi connectivity index (χ2n) is 5.05. The molecule has 1 aromatic heterocycles. The predicted octanol–water partition coefficient (Wildman–Crippen LogP) is 1.64. The molecule has 1 heterocycles. The number of hydrogen-bond acceptors (Lipinski definition) is 5. The second-order valence-corrected chi connectivity index (χ2v) is 5.80. The van der Waals surface area contributed by atoms with E-state index in [4.69, 9.17) is 5.11 Å². The van der Waals surface area contributed by atoms with Gasteiger partial charge in [-0.3, -0.25) is 9.59 Å². The molecule has 0 aliphatic rings. The Labute approximate surface area is 110 Å². The first-order chi connectivity index (χ1) is 8.23. The molecule has 0 unspecified atom stereocenters. The van der Waals surface area contributed by atoms with Crippen LogP contribution in [0.3, 0.4) is 0 Å². The smallest absolute Gasteiger partial charge is 0.305 e. The molecule has 100 valence electrons. The molecule has 0 spiro atoms. The number of carboxylic acid groups (broad SMARTS) is 1. The molecule has 2 N–H and O–H groups in total. The summed E-state index contributed by atoms with van der Waals surface area (Å²) in [5.74, 6) is -1.17. The summed E-state index contributed by atoms with van der Waals surface area (Å²) in [6.07, 6.45) is -0.137. The van der Waals surface area contributed by atoms with E-state index in [-0.39, 0.29) is 18.2 Å². The van der Waals surface area contributed by atoms with Gasteiger partial charge in [0.25, 0.3) is 5.91 Å². The highest BCUT2D eigenvalue weighted by atomic mass is 32.1. The second kappa shape index (κ2) is 5.43. The van der Waals surface area contributed by atoms with E-state index in [1.165, 1.54) is 0 Å². The maximum absolute atomic E-state index is 12.1. The third kappa shape index (κ3) is 3.76. The topological polar surface area (TPSA) is 92.2 Å². The monoisotopic (exact) mass is 271 g/mol. The fourth-order valence-electron chi connectivity index (χ4n) is 1.52. The van der Waals surface area contributed by atoms with Gasteiger partial charge in [0, 0.05) is 5.54 Å². The van der Waals surface area contributed by atoms with Gasteiger partial charge in [-0.15, -0.1) is 5.10 Å². The number of hydrogen-bond donors (Lipinski definition) is 2. The van der Waals surface area contributed by atoms with Crippen LogP contribution in [0.2, 0.25) is 0 Å². The Bertz CT molecular complexity index is 454. The molecule has 0 aliphatic heterocycles. The van der Waals surface area contributed by atoms with Crippen LogP contribution in [-0.4, -0.2) is 32.1 Å². The third-order valence-electron chi connectivity index (χ3n) is 2.31. The normalized spacial score (nSPS) is 11.6. The molecule has 0 fully saturated rings. The summed E-state index contributed by atoms with van der Waals surface area (Å²) in [5, 5.41) is 15.4. The van der Waals surface area contributed by atoms with Crippen molar-refractivity contribution < 1.29 is 14.7 Å². The van der Waals surface area contributed by atoms with Crippen molar-refractivity contribution in [2.75, 3.05) is 0 Å². The van der Waals surface area contributed by atoms with Crippen molar-refractivity contribution in [1.29, 1.82) is 0 Å². The minimum absolute atomic E-state index is 0.104. The van der Waals surface area contributed by atoms with Gasteiger partial charge in [-0.25, -0.2) is 0 Å². The van der Waals surface area contributed by atoms with Crippen LogP contribution in [0.25, 0.3) is 0 Å². The van der Waals surface area contributed by atoms with E-state index >= 15 is 0 Å². The number of amides is 1. The molecule has 0 aromatic carbocycles. The van der Waals surface area contributed by atoms with Gasteiger partial charge < -0.3 is 10.4 Å². The Kier molecular flexibility index (Phi) is 4.39.